The number of aromatic nitrogens is 2. The Morgan fingerprint density at radius 2 is 1.81 bits per heavy atom. The predicted molar refractivity (Wildman–Crippen MR) is 129 cm³/mol. The highest BCUT2D eigenvalue weighted by Gasteiger charge is 2.43. The fourth-order valence-electron chi connectivity index (χ4n) is 3.76. The van der Waals surface area contributed by atoms with Gasteiger partial charge in [0.25, 0.3) is 0 Å². The first-order valence-corrected chi connectivity index (χ1v) is 12.9. The molecule has 1 saturated carbocycles. The van der Waals surface area contributed by atoms with Gasteiger partial charge in [0.1, 0.15) is 0 Å². The quantitative estimate of drug-likeness (QED) is 0.264. The van der Waals surface area contributed by atoms with Gasteiger partial charge in [0.15, 0.2) is 10.1 Å². The third-order valence-electron chi connectivity index (χ3n) is 5.41. The van der Waals surface area contributed by atoms with E-state index in [4.69, 9.17) is 0 Å². The van der Waals surface area contributed by atoms with Gasteiger partial charge in [-0.2, -0.15) is 0 Å². The molecule has 0 spiro atoms. The molecule has 0 unspecified atom stereocenters. The summed E-state index contributed by atoms with van der Waals surface area (Å²) in [5, 5.41) is 16.4. The number of nitrogens with zero attached hydrogens (tertiary/aromatic N) is 2. The van der Waals surface area contributed by atoms with E-state index in [0.29, 0.717) is 20.7 Å². The van der Waals surface area contributed by atoms with E-state index in [9.17, 15) is 14.4 Å². The molecule has 2 amide bonds. The van der Waals surface area contributed by atoms with Crippen molar-refractivity contribution < 1.29 is 14.4 Å². The molecule has 0 atom stereocenters. The maximum absolute atomic E-state index is 13.1. The van der Waals surface area contributed by atoms with Gasteiger partial charge in [-0.05, 0) is 55.5 Å². The lowest BCUT2D eigenvalue weighted by Crippen LogP contribution is -2.37. The molecule has 1 aromatic carbocycles. The molecule has 3 aromatic rings. The van der Waals surface area contributed by atoms with Gasteiger partial charge in [0, 0.05) is 16.1 Å². The maximum atomic E-state index is 13.1. The van der Waals surface area contributed by atoms with E-state index < -0.39 is 5.41 Å². The zero-order valence-electron chi connectivity index (χ0n) is 17.4. The van der Waals surface area contributed by atoms with Crippen LogP contribution in [-0.4, -0.2) is 33.5 Å². The van der Waals surface area contributed by atoms with Crippen LogP contribution in [-0.2, 0) is 15.0 Å². The van der Waals surface area contributed by atoms with Crippen molar-refractivity contribution in [1.29, 1.82) is 0 Å². The maximum Gasteiger partial charge on any atom is 0.237 e. The molecule has 0 bridgehead atoms. The van der Waals surface area contributed by atoms with Crippen molar-refractivity contribution in [3.05, 3.63) is 52.2 Å². The minimum Gasteiger partial charge on any atom is -0.325 e. The summed E-state index contributed by atoms with van der Waals surface area (Å²) in [6.07, 6.45) is 3.75. The van der Waals surface area contributed by atoms with Crippen LogP contribution >= 0.6 is 34.4 Å². The van der Waals surface area contributed by atoms with Crippen LogP contribution < -0.4 is 10.6 Å². The molecule has 0 aliphatic heterocycles. The van der Waals surface area contributed by atoms with Crippen molar-refractivity contribution in [2.75, 3.05) is 16.4 Å². The van der Waals surface area contributed by atoms with E-state index in [1.165, 1.54) is 30.0 Å². The first kappa shape index (κ1) is 22.6. The fraction of sp³-hybridized carbons (Fsp3) is 0.318. The van der Waals surface area contributed by atoms with E-state index in [-0.39, 0.29) is 23.4 Å². The van der Waals surface area contributed by atoms with E-state index in [1.54, 1.807) is 35.6 Å². The Bertz CT molecular complexity index is 1100. The number of amides is 2. The summed E-state index contributed by atoms with van der Waals surface area (Å²) in [7, 11) is 0. The van der Waals surface area contributed by atoms with Crippen LogP contribution in [0, 0.1) is 0 Å². The van der Waals surface area contributed by atoms with Crippen molar-refractivity contribution in [1.82, 2.24) is 10.2 Å². The number of rotatable bonds is 8. The normalized spacial score (nSPS) is 14.8. The fourth-order valence-corrected chi connectivity index (χ4v) is 6.29. The first-order chi connectivity index (χ1) is 15.5. The lowest BCUT2D eigenvalue weighted by molar-refractivity contribution is -0.121. The van der Waals surface area contributed by atoms with Gasteiger partial charge in [-0.1, -0.05) is 42.0 Å². The zero-order valence-corrected chi connectivity index (χ0v) is 19.9. The Kier molecular flexibility index (Phi) is 7.02. The van der Waals surface area contributed by atoms with Crippen LogP contribution in [0.5, 0.6) is 0 Å². The Labute approximate surface area is 198 Å². The summed E-state index contributed by atoms with van der Waals surface area (Å²) in [5.74, 6) is -0.0754. The largest absolute Gasteiger partial charge is 0.325 e. The molecule has 10 heteroatoms. The van der Waals surface area contributed by atoms with Crippen LogP contribution in [0.4, 0.5) is 10.8 Å². The molecule has 1 aliphatic carbocycles. The van der Waals surface area contributed by atoms with Crippen LogP contribution in [0.25, 0.3) is 0 Å². The van der Waals surface area contributed by atoms with E-state index in [2.05, 4.69) is 20.8 Å². The summed E-state index contributed by atoms with van der Waals surface area (Å²) in [6.45, 7) is 1.50. The summed E-state index contributed by atoms with van der Waals surface area (Å²) in [6, 6.07) is 10.8. The summed E-state index contributed by atoms with van der Waals surface area (Å²) < 4.78 is 0.610. The lowest BCUT2D eigenvalue weighted by Gasteiger charge is -2.25. The second-order valence-corrected chi connectivity index (χ2v) is 10.7. The number of carbonyl (C=O) groups is 3. The Morgan fingerprint density at radius 1 is 1.06 bits per heavy atom. The number of hydrogen-bond donors (Lipinski definition) is 2. The number of hydrogen-bond acceptors (Lipinski definition) is 8. The highest BCUT2D eigenvalue weighted by Crippen LogP contribution is 2.44. The second kappa shape index (κ2) is 9.93. The molecule has 7 nitrogen and oxygen atoms in total. The monoisotopic (exact) mass is 486 g/mol. The first-order valence-electron chi connectivity index (χ1n) is 10.2. The minimum atomic E-state index is -0.481. The Morgan fingerprint density at radius 3 is 2.47 bits per heavy atom. The molecular formula is C22H22N4O3S3. The number of thioether (sulfide) groups is 1. The molecule has 4 rings (SSSR count). The van der Waals surface area contributed by atoms with Crippen LogP contribution in [0.2, 0.25) is 0 Å². The highest BCUT2D eigenvalue weighted by molar-refractivity contribution is 8.01. The molecular weight excluding hydrogens is 464 g/mol. The standard InChI is InChI=1S/C22H22N4O3S3/c1-14(27)15-6-8-16(9-7-15)23-18(28)13-31-21-26-25-20(32-21)24-19(29)22(10-2-3-11-22)17-5-4-12-30-17/h4-9,12H,2-3,10-11,13H2,1H3,(H,23,28)(H,24,25,29). The molecule has 0 radical (unpaired) electrons. The molecule has 1 aliphatic rings. The van der Waals surface area contributed by atoms with Gasteiger partial charge in [-0.3, -0.25) is 19.7 Å². The highest BCUT2D eigenvalue weighted by atomic mass is 32.2. The SMILES string of the molecule is CC(=O)c1ccc(NC(=O)CSc2nnc(NC(=O)C3(c4cccs4)CCCC3)s2)cc1. The number of Topliss-reactive ketones (excluding diaryl/α,β-unsaturated/α-hetero) is 1. The Balaban J connectivity index is 1.31. The second-order valence-electron chi connectivity index (χ2n) is 7.56. The van der Waals surface area contributed by atoms with Crippen molar-refractivity contribution in [2.45, 2.75) is 42.4 Å². The third kappa shape index (κ3) is 5.08. The predicted octanol–water partition coefficient (Wildman–Crippen LogP) is 4.98. The number of benzene rings is 1. The van der Waals surface area contributed by atoms with Crippen molar-refractivity contribution in [3.63, 3.8) is 0 Å². The third-order valence-corrected chi connectivity index (χ3v) is 8.46. The molecule has 32 heavy (non-hydrogen) atoms. The van der Waals surface area contributed by atoms with Gasteiger partial charge in [0.05, 0.1) is 11.2 Å². The molecule has 2 aromatic heterocycles. The van der Waals surface area contributed by atoms with E-state index in [1.807, 2.05) is 17.5 Å². The molecule has 1 fully saturated rings. The van der Waals surface area contributed by atoms with Gasteiger partial charge in [-0.25, -0.2) is 0 Å². The van der Waals surface area contributed by atoms with Crippen LogP contribution in [0.15, 0.2) is 46.1 Å². The number of thiophene rings is 1. The van der Waals surface area contributed by atoms with Gasteiger partial charge in [0.2, 0.25) is 16.9 Å². The van der Waals surface area contributed by atoms with E-state index in [0.717, 1.165) is 30.6 Å². The van der Waals surface area contributed by atoms with Crippen molar-refractivity contribution >= 4 is 62.9 Å². The summed E-state index contributed by atoms with van der Waals surface area (Å²) in [4.78, 5) is 37.8. The average molecular weight is 487 g/mol. The molecule has 0 saturated heterocycles. The number of nitrogens with one attached hydrogen (secondary N) is 2. The van der Waals surface area contributed by atoms with E-state index >= 15 is 0 Å². The number of anilines is 2. The van der Waals surface area contributed by atoms with Crippen LogP contribution in [0.3, 0.4) is 0 Å². The van der Waals surface area contributed by atoms with Gasteiger partial charge in [-0.15, -0.1) is 21.5 Å². The Hall–Kier alpha value is -2.56. The van der Waals surface area contributed by atoms with Gasteiger partial charge >= 0.3 is 0 Å². The van der Waals surface area contributed by atoms with Crippen LogP contribution in [0.1, 0.15) is 47.8 Å². The van der Waals surface area contributed by atoms with Crippen molar-refractivity contribution in [2.24, 2.45) is 0 Å². The average Bonchev–Trinajstić information content (AvgIpc) is 3.54. The molecule has 2 heterocycles. The summed E-state index contributed by atoms with van der Waals surface area (Å²) >= 11 is 4.14. The summed E-state index contributed by atoms with van der Waals surface area (Å²) in [5.41, 5.74) is 0.742. The minimum absolute atomic E-state index is 0.0214. The molecule has 166 valence electrons. The van der Waals surface area contributed by atoms with Crippen molar-refractivity contribution in [3.8, 4) is 0 Å². The van der Waals surface area contributed by atoms with Gasteiger partial charge < -0.3 is 5.32 Å². The number of carbonyl (C=O) groups excluding carboxylic acids is 3. The number of ketones is 1. The molecule has 2 N–H and O–H groups in total. The topological polar surface area (TPSA) is 101 Å². The smallest absolute Gasteiger partial charge is 0.237 e. The zero-order chi connectivity index (χ0) is 22.6. The lowest BCUT2D eigenvalue weighted by atomic mass is 9.83.